The van der Waals surface area contributed by atoms with Crippen molar-refractivity contribution >= 4 is 132 Å². The lowest BCUT2D eigenvalue weighted by atomic mass is 9.92. The Morgan fingerprint density at radius 3 is 0.932 bits per heavy atom. The van der Waals surface area contributed by atoms with Gasteiger partial charge in [0, 0.05) is 104 Å². The Kier molecular flexibility index (Phi) is 16.7. The molecule has 0 N–H and O–H groups in total. The first-order valence-electron chi connectivity index (χ1n) is 43.8. The second-order valence-electron chi connectivity index (χ2n) is 33.2. The zero-order chi connectivity index (χ0) is 86.6. The third-order valence-electron chi connectivity index (χ3n) is 25.5. The van der Waals surface area contributed by atoms with Gasteiger partial charge in [-0.15, -0.1) is 0 Å². The molecule has 614 valence electrons. The maximum absolute atomic E-state index is 7.02. The van der Waals surface area contributed by atoms with Crippen LogP contribution in [0, 0.1) is 0 Å². The highest BCUT2D eigenvalue weighted by Crippen LogP contribution is 2.50. The van der Waals surface area contributed by atoms with Gasteiger partial charge in [-0.25, -0.2) is 44.9 Å². The number of hydrogen-bond acceptors (Lipinski definition) is 15. The number of aromatic nitrogens is 9. The van der Waals surface area contributed by atoms with Crippen molar-refractivity contribution in [1.29, 1.82) is 0 Å². The molecule has 0 aliphatic carbocycles. The number of nitrogens with zero attached hydrogens (tertiary/aromatic N) is 9. The van der Waals surface area contributed by atoms with Crippen LogP contribution >= 0.6 is 0 Å². The highest BCUT2D eigenvalue weighted by Gasteiger charge is 2.28. The van der Waals surface area contributed by atoms with Gasteiger partial charge in [-0.1, -0.05) is 297 Å². The van der Waals surface area contributed by atoms with Crippen LogP contribution < -0.4 is 0 Å². The van der Waals surface area contributed by atoms with E-state index in [0.29, 0.717) is 69.2 Å². The molecule has 0 aliphatic heterocycles. The zero-order valence-electron chi connectivity index (χ0n) is 70.0. The van der Waals surface area contributed by atoms with E-state index in [1.807, 2.05) is 212 Å². The van der Waals surface area contributed by atoms with E-state index in [9.17, 15) is 0 Å². The summed E-state index contributed by atoms with van der Waals surface area (Å²) in [6.07, 6.45) is 0. The lowest BCUT2D eigenvalue weighted by Crippen LogP contribution is -2.00. The van der Waals surface area contributed by atoms with E-state index >= 15 is 0 Å². The van der Waals surface area contributed by atoms with E-state index in [1.165, 1.54) is 0 Å². The summed E-state index contributed by atoms with van der Waals surface area (Å²) in [6, 6.07) is 134. The smallest absolute Gasteiger partial charge is 0.167 e. The third kappa shape index (κ3) is 12.2. The van der Waals surface area contributed by atoms with Crippen LogP contribution in [0.2, 0.25) is 0 Å². The molecule has 0 saturated carbocycles. The predicted molar refractivity (Wildman–Crippen MR) is 526 cm³/mol. The highest BCUT2D eigenvalue weighted by molar-refractivity contribution is 6.23. The van der Waals surface area contributed by atoms with E-state index in [2.05, 4.69) is 182 Å². The molecule has 27 aromatic rings. The van der Waals surface area contributed by atoms with Crippen LogP contribution in [-0.4, -0.2) is 44.9 Å². The van der Waals surface area contributed by atoms with Gasteiger partial charge in [-0.05, 0) is 147 Å². The minimum Gasteiger partial charge on any atom is -0.456 e. The van der Waals surface area contributed by atoms with Crippen LogP contribution in [0.15, 0.2) is 421 Å². The zero-order valence-corrected chi connectivity index (χ0v) is 70.0. The maximum Gasteiger partial charge on any atom is 0.167 e. The van der Waals surface area contributed by atoms with E-state index in [1.54, 1.807) is 0 Å². The molecule has 0 radical (unpaired) electrons. The summed E-state index contributed by atoms with van der Waals surface area (Å²) in [5.41, 5.74) is 26.3. The maximum atomic E-state index is 7.02. The van der Waals surface area contributed by atoms with E-state index < -0.39 is 0 Å². The van der Waals surface area contributed by atoms with E-state index in [0.717, 1.165) is 221 Å². The molecule has 0 unspecified atom stereocenters. The summed E-state index contributed by atoms with van der Waals surface area (Å²) >= 11 is 0. The van der Waals surface area contributed by atoms with Crippen molar-refractivity contribution in [1.82, 2.24) is 44.9 Å². The Labute approximate surface area is 750 Å². The summed E-state index contributed by atoms with van der Waals surface area (Å²) in [5.74, 6) is 4.72. The number of hydrogen-bond donors (Lipinski definition) is 0. The number of fused-ring (bicyclic) bond motifs is 18. The molecule has 9 heterocycles. The average Bonchev–Trinajstić information content (AvgIpc) is 1.60. The Balaban J connectivity index is 0.507. The van der Waals surface area contributed by atoms with Crippen LogP contribution in [0.1, 0.15) is 0 Å². The van der Waals surface area contributed by atoms with Crippen LogP contribution in [-0.2, 0) is 0 Å². The molecule has 0 bridgehead atoms. The SMILES string of the molecule is c1ccc(-c2nc(-c3ccc(-c4ccc(-c5cccc6oc7c(-c8nc(-c9ccccc9)nc(-c9ccccc9)n8)cccc7c56)c5oc6ccccc6c45)cc3)nc(-c3cccc4c3oc3cccc(-c5ccc6c(c5)oc5ccc(-c7cccc(-c8nc(-c9ccccc9)nc(-c9cccc%10c9oc9cccc(-c%11ccc%12oc%13ccccc%13c%12c%11)c9%10)n8)c7)cc56)c34)n2)cc1. The summed E-state index contributed by atoms with van der Waals surface area (Å²) in [5, 5.41) is 11.8. The molecule has 132 heavy (non-hydrogen) atoms. The van der Waals surface area contributed by atoms with Crippen LogP contribution in [0.25, 0.3) is 290 Å². The van der Waals surface area contributed by atoms with Gasteiger partial charge in [0.05, 0.1) is 16.7 Å². The van der Waals surface area contributed by atoms with Crippen molar-refractivity contribution in [3.8, 4) is 158 Å². The predicted octanol–water partition coefficient (Wildman–Crippen LogP) is 31.0. The van der Waals surface area contributed by atoms with Gasteiger partial charge in [-0.2, -0.15) is 0 Å². The molecule has 0 aliphatic rings. The molecule has 0 atom stereocenters. The van der Waals surface area contributed by atoms with Crippen molar-refractivity contribution < 1.29 is 26.5 Å². The monoisotopic (exact) mass is 1690 g/mol. The van der Waals surface area contributed by atoms with Gasteiger partial charge in [0.1, 0.15) is 67.0 Å². The summed E-state index contributed by atoms with van der Waals surface area (Å²) in [4.78, 5) is 46.8. The topological polar surface area (TPSA) is 195 Å². The molecular formula is C117H65N9O6. The van der Waals surface area contributed by atoms with Gasteiger partial charge in [0.15, 0.2) is 52.4 Å². The molecule has 18 aromatic carbocycles. The first-order valence-corrected chi connectivity index (χ1v) is 43.8. The molecule has 27 rings (SSSR count). The minimum atomic E-state index is 0.470. The summed E-state index contributed by atoms with van der Waals surface area (Å²) in [7, 11) is 0. The Morgan fingerprint density at radius 2 is 0.417 bits per heavy atom. The highest BCUT2D eigenvalue weighted by atomic mass is 16.3. The Morgan fingerprint density at radius 1 is 0.121 bits per heavy atom. The molecular weight excluding hydrogens is 1630 g/mol. The summed E-state index contributed by atoms with van der Waals surface area (Å²) < 4.78 is 40.9. The van der Waals surface area contributed by atoms with Crippen LogP contribution in [0.3, 0.4) is 0 Å². The van der Waals surface area contributed by atoms with Crippen LogP contribution in [0.5, 0.6) is 0 Å². The van der Waals surface area contributed by atoms with Crippen LogP contribution in [0.4, 0.5) is 0 Å². The lowest BCUT2D eigenvalue weighted by Gasteiger charge is -2.11. The average molecular weight is 1690 g/mol. The number of benzene rings is 18. The minimum absolute atomic E-state index is 0.470. The molecule has 0 saturated heterocycles. The van der Waals surface area contributed by atoms with Gasteiger partial charge in [-0.3, -0.25) is 0 Å². The van der Waals surface area contributed by atoms with E-state index in [-0.39, 0.29) is 0 Å². The molecule has 9 aromatic heterocycles. The van der Waals surface area contributed by atoms with Gasteiger partial charge in [0.25, 0.3) is 0 Å². The second kappa shape index (κ2) is 29.7. The Bertz CT molecular complexity index is 9370. The molecule has 0 spiro atoms. The molecule has 15 nitrogen and oxygen atoms in total. The van der Waals surface area contributed by atoms with Crippen molar-refractivity contribution in [2.24, 2.45) is 0 Å². The van der Waals surface area contributed by atoms with Crippen molar-refractivity contribution in [3.63, 3.8) is 0 Å². The molecule has 0 fully saturated rings. The van der Waals surface area contributed by atoms with Gasteiger partial charge < -0.3 is 26.5 Å². The number of rotatable bonds is 14. The standard InChI is InChI=1S/C117H65N9O6/c1-5-24-67(25-6-1)109-118-110(68-26-7-2-8-27-68)122-115(121-109)90-44-20-41-87-103-82(38-23-49-99(103)132-107(87)90)83-59-58-79(104-84-35-14-16-46-94(84)129-108(83)104)66-50-52-71(53-51-66)113-119-111(69-28-9-3-10-29-69)123-116(125-113)88-42-19-40-86-102-78(37-22-48-98(102)131-106(86)88)75-54-57-81-91-63-73(55-60-96(91)128-100(81)65-75)72-32-17-33-76(62-72)114-120-112(70-30-11-4-12-31-70)124-117(126-114)89-43-18-39-85-101-77(36-21-47-97(101)130-105(85)89)74-56-61-95-92(64-74)80-34-13-15-45-93(80)127-95/h1-65H. The fourth-order valence-corrected chi connectivity index (χ4v) is 19.3. The molecule has 0 amide bonds. The second-order valence-corrected chi connectivity index (χ2v) is 33.2. The summed E-state index contributed by atoms with van der Waals surface area (Å²) in [6.45, 7) is 0. The first-order chi connectivity index (χ1) is 65.4. The first kappa shape index (κ1) is 74.1. The van der Waals surface area contributed by atoms with Crippen molar-refractivity contribution in [2.45, 2.75) is 0 Å². The third-order valence-corrected chi connectivity index (χ3v) is 25.5. The number of para-hydroxylation sites is 5. The van der Waals surface area contributed by atoms with Gasteiger partial charge in [0.2, 0.25) is 0 Å². The fraction of sp³-hybridized carbons (Fsp3) is 0. The molecule has 15 heteroatoms. The Hall–Kier alpha value is -18.2. The quantitative estimate of drug-likeness (QED) is 0.0996. The van der Waals surface area contributed by atoms with E-state index in [4.69, 9.17) is 71.4 Å². The van der Waals surface area contributed by atoms with Gasteiger partial charge >= 0.3 is 0 Å². The lowest BCUT2D eigenvalue weighted by molar-refractivity contribution is 0.668. The largest absolute Gasteiger partial charge is 0.456 e. The van der Waals surface area contributed by atoms with Crippen molar-refractivity contribution in [2.75, 3.05) is 0 Å². The van der Waals surface area contributed by atoms with Crippen molar-refractivity contribution in [3.05, 3.63) is 394 Å². The normalized spacial score (nSPS) is 11.9. The fourth-order valence-electron chi connectivity index (χ4n) is 19.3. The number of furan rings is 6.